The second-order valence-electron chi connectivity index (χ2n) is 4.24. The maximum atomic E-state index is 12.1. The predicted molar refractivity (Wildman–Crippen MR) is 77.3 cm³/mol. The van der Waals surface area contributed by atoms with E-state index < -0.39 is 0 Å². The van der Waals surface area contributed by atoms with Crippen LogP contribution in [-0.2, 0) is 6.42 Å². The van der Waals surface area contributed by atoms with Crippen molar-refractivity contribution in [2.45, 2.75) is 6.42 Å². The Morgan fingerprint density at radius 1 is 1.38 bits per heavy atom. The van der Waals surface area contributed by atoms with Gasteiger partial charge in [0.05, 0.1) is 10.7 Å². The number of hydrogen-bond acceptors (Lipinski definition) is 6. The number of tetrazole rings is 1. The first-order chi connectivity index (χ1) is 10.3. The van der Waals surface area contributed by atoms with E-state index in [0.29, 0.717) is 12.1 Å². The number of hydrogen-bond donors (Lipinski definition) is 1. The van der Waals surface area contributed by atoms with Gasteiger partial charge >= 0.3 is 0 Å². The summed E-state index contributed by atoms with van der Waals surface area (Å²) in [6.07, 6.45) is 3.98. The Kier molecular flexibility index (Phi) is 3.97. The summed E-state index contributed by atoms with van der Waals surface area (Å²) in [6, 6.07) is 7.14. The molecular formula is C13H12N6OS. The Bertz CT molecular complexity index is 710. The minimum Gasteiger partial charge on any atom is -0.352 e. The Hall–Kier alpha value is -2.61. The number of aromatic nitrogens is 5. The van der Waals surface area contributed by atoms with E-state index in [1.807, 2.05) is 11.4 Å². The average molecular weight is 300 g/mol. The first-order valence-electron chi connectivity index (χ1n) is 6.33. The highest BCUT2D eigenvalue weighted by atomic mass is 32.1. The molecule has 3 rings (SSSR count). The number of rotatable bonds is 5. The molecule has 0 saturated carbocycles. The molecule has 0 saturated heterocycles. The third-order valence-electron chi connectivity index (χ3n) is 2.83. The van der Waals surface area contributed by atoms with Crippen LogP contribution in [0.4, 0.5) is 0 Å². The summed E-state index contributed by atoms with van der Waals surface area (Å²) in [7, 11) is 0. The van der Waals surface area contributed by atoms with Crippen molar-refractivity contribution >= 4 is 17.2 Å². The van der Waals surface area contributed by atoms with Crippen LogP contribution in [-0.4, -0.2) is 37.6 Å². The number of benzene rings is 1. The second-order valence-corrected chi connectivity index (χ2v) is 5.22. The number of nitrogens with one attached hydrogen (secondary N) is 1. The molecule has 8 heteroatoms. The Balaban J connectivity index is 1.63. The van der Waals surface area contributed by atoms with Crippen LogP contribution in [0.2, 0.25) is 0 Å². The maximum Gasteiger partial charge on any atom is 0.251 e. The molecule has 1 aromatic carbocycles. The van der Waals surface area contributed by atoms with Gasteiger partial charge in [0.15, 0.2) is 0 Å². The lowest BCUT2D eigenvalue weighted by molar-refractivity contribution is 0.0954. The molecule has 2 heterocycles. The molecule has 0 fully saturated rings. The fourth-order valence-electron chi connectivity index (χ4n) is 1.83. The van der Waals surface area contributed by atoms with E-state index in [9.17, 15) is 4.79 Å². The van der Waals surface area contributed by atoms with E-state index in [0.717, 1.165) is 17.1 Å². The van der Waals surface area contributed by atoms with Gasteiger partial charge in [0.1, 0.15) is 6.33 Å². The van der Waals surface area contributed by atoms with Gasteiger partial charge in [0, 0.05) is 30.1 Å². The number of nitrogens with zero attached hydrogens (tertiary/aromatic N) is 5. The second kappa shape index (κ2) is 6.23. The van der Waals surface area contributed by atoms with Crippen molar-refractivity contribution in [1.29, 1.82) is 0 Å². The van der Waals surface area contributed by atoms with Gasteiger partial charge in [-0.15, -0.1) is 16.4 Å². The maximum absolute atomic E-state index is 12.1. The van der Waals surface area contributed by atoms with Crippen LogP contribution >= 0.6 is 11.3 Å². The molecule has 0 unspecified atom stereocenters. The van der Waals surface area contributed by atoms with E-state index in [4.69, 9.17) is 0 Å². The SMILES string of the molecule is O=C(NCCc1nccs1)c1cccc(-n2cnnn2)c1. The standard InChI is InChI=1S/C13H12N6OS/c20-13(15-5-4-12-14-6-7-21-12)10-2-1-3-11(8-10)19-9-16-17-18-19/h1-3,6-9H,4-5H2,(H,15,20). The molecule has 0 aliphatic heterocycles. The molecule has 1 N–H and O–H groups in total. The van der Waals surface area contributed by atoms with Crippen molar-refractivity contribution < 1.29 is 4.79 Å². The Morgan fingerprint density at radius 2 is 2.33 bits per heavy atom. The van der Waals surface area contributed by atoms with Crippen LogP contribution < -0.4 is 5.32 Å². The van der Waals surface area contributed by atoms with Gasteiger partial charge in [-0.1, -0.05) is 6.07 Å². The van der Waals surface area contributed by atoms with E-state index in [1.165, 1.54) is 11.0 Å². The number of carbonyl (C=O) groups is 1. The lowest BCUT2D eigenvalue weighted by atomic mass is 10.2. The van der Waals surface area contributed by atoms with E-state index in [1.54, 1.807) is 35.7 Å². The smallest absolute Gasteiger partial charge is 0.251 e. The van der Waals surface area contributed by atoms with Gasteiger partial charge in [0.25, 0.3) is 5.91 Å². The third-order valence-corrected chi connectivity index (χ3v) is 3.67. The minimum absolute atomic E-state index is 0.124. The van der Waals surface area contributed by atoms with Gasteiger partial charge < -0.3 is 5.32 Å². The first kappa shape index (κ1) is 13.4. The highest BCUT2D eigenvalue weighted by Crippen LogP contribution is 2.09. The molecule has 0 radical (unpaired) electrons. The zero-order chi connectivity index (χ0) is 14.5. The first-order valence-corrected chi connectivity index (χ1v) is 7.21. The van der Waals surface area contributed by atoms with E-state index >= 15 is 0 Å². The summed E-state index contributed by atoms with van der Waals surface area (Å²) in [6.45, 7) is 0.557. The van der Waals surface area contributed by atoms with Gasteiger partial charge in [-0.25, -0.2) is 9.67 Å². The number of thiazole rings is 1. The van der Waals surface area contributed by atoms with Crippen molar-refractivity contribution in [3.05, 3.63) is 52.7 Å². The highest BCUT2D eigenvalue weighted by molar-refractivity contribution is 7.09. The van der Waals surface area contributed by atoms with Crippen LogP contribution in [0.3, 0.4) is 0 Å². The number of carbonyl (C=O) groups excluding carboxylic acids is 1. The van der Waals surface area contributed by atoms with Gasteiger partial charge in [-0.2, -0.15) is 0 Å². The number of amides is 1. The Morgan fingerprint density at radius 3 is 3.10 bits per heavy atom. The normalized spacial score (nSPS) is 10.5. The van der Waals surface area contributed by atoms with Gasteiger partial charge in [-0.3, -0.25) is 4.79 Å². The fourth-order valence-corrected chi connectivity index (χ4v) is 2.45. The topological polar surface area (TPSA) is 85.6 Å². The largest absolute Gasteiger partial charge is 0.352 e. The summed E-state index contributed by atoms with van der Waals surface area (Å²) >= 11 is 1.58. The van der Waals surface area contributed by atoms with Crippen molar-refractivity contribution in [3.63, 3.8) is 0 Å². The molecule has 0 bridgehead atoms. The van der Waals surface area contributed by atoms with Crippen LogP contribution in [0, 0.1) is 0 Å². The van der Waals surface area contributed by atoms with Crippen molar-refractivity contribution in [2.24, 2.45) is 0 Å². The van der Waals surface area contributed by atoms with E-state index in [2.05, 4.69) is 25.8 Å². The predicted octanol–water partition coefficient (Wildman–Crippen LogP) is 1.09. The van der Waals surface area contributed by atoms with Crippen LogP contribution in [0.5, 0.6) is 0 Å². The molecule has 3 aromatic rings. The molecule has 0 spiro atoms. The Labute approximate surface area is 124 Å². The zero-order valence-electron chi connectivity index (χ0n) is 11.0. The van der Waals surface area contributed by atoms with E-state index in [-0.39, 0.29) is 5.91 Å². The van der Waals surface area contributed by atoms with Crippen molar-refractivity contribution in [2.75, 3.05) is 6.54 Å². The molecular weight excluding hydrogens is 288 g/mol. The summed E-state index contributed by atoms with van der Waals surface area (Å²) < 4.78 is 1.51. The van der Waals surface area contributed by atoms with Gasteiger partial charge in [-0.05, 0) is 28.6 Å². The molecule has 1 amide bonds. The van der Waals surface area contributed by atoms with Crippen LogP contribution in [0.15, 0.2) is 42.2 Å². The summed E-state index contributed by atoms with van der Waals surface area (Å²) in [5.41, 5.74) is 1.31. The lowest BCUT2D eigenvalue weighted by Crippen LogP contribution is -2.25. The van der Waals surface area contributed by atoms with Gasteiger partial charge in [0.2, 0.25) is 0 Å². The fraction of sp³-hybridized carbons (Fsp3) is 0.154. The van der Waals surface area contributed by atoms with Crippen molar-refractivity contribution in [3.8, 4) is 5.69 Å². The molecule has 0 atom stereocenters. The zero-order valence-corrected chi connectivity index (χ0v) is 11.8. The minimum atomic E-state index is -0.124. The molecule has 2 aromatic heterocycles. The summed E-state index contributed by atoms with van der Waals surface area (Å²) in [5.74, 6) is -0.124. The van der Waals surface area contributed by atoms with Crippen molar-refractivity contribution in [1.82, 2.24) is 30.5 Å². The van der Waals surface area contributed by atoms with Crippen LogP contribution in [0.1, 0.15) is 15.4 Å². The quantitative estimate of drug-likeness (QED) is 0.762. The molecule has 0 aliphatic rings. The monoisotopic (exact) mass is 300 g/mol. The average Bonchev–Trinajstić information content (AvgIpc) is 3.21. The summed E-state index contributed by atoms with van der Waals surface area (Å²) in [4.78, 5) is 16.3. The molecule has 106 valence electrons. The lowest BCUT2D eigenvalue weighted by Gasteiger charge is -2.06. The summed E-state index contributed by atoms with van der Waals surface area (Å²) in [5, 5.41) is 16.8. The van der Waals surface area contributed by atoms with Crippen LogP contribution in [0.25, 0.3) is 5.69 Å². The third kappa shape index (κ3) is 3.29. The molecule has 0 aliphatic carbocycles. The molecule has 7 nitrogen and oxygen atoms in total. The highest BCUT2D eigenvalue weighted by Gasteiger charge is 2.07. The molecule has 21 heavy (non-hydrogen) atoms.